The van der Waals surface area contributed by atoms with Gasteiger partial charge in [0.05, 0.1) is 41.1 Å². The number of pyridine rings is 1. The molecule has 0 spiro atoms. The maximum Gasteiger partial charge on any atom is 0.103 e. The monoisotopic (exact) mass is 317 g/mol. The topological polar surface area (TPSA) is 58.4 Å². The van der Waals surface area contributed by atoms with Crippen LogP contribution in [0.2, 0.25) is 5.02 Å². The Labute approximate surface area is 134 Å². The van der Waals surface area contributed by atoms with Gasteiger partial charge < -0.3 is 14.4 Å². The minimum atomic E-state index is -0.00677. The Morgan fingerprint density at radius 2 is 2.41 bits per heavy atom. The fraction of sp³-hybridized carbons (Fsp3) is 0.375. The van der Waals surface area contributed by atoms with Gasteiger partial charge in [-0.05, 0) is 6.07 Å². The number of nitrogens with zero attached hydrogens (tertiary/aromatic N) is 3. The number of ether oxygens (including phenoxy) is 2. The molecule has 5 nitrogen and oxygen atoms in total. The van der Waals surface area contributed by atoms with Crippen molar-refractivity contribution in [2.24, 2.45) is 0 Å². The minimum absolute atomic E-state index is 0.00677. The summed E-state index contributed by atoms with van der Waals surface area (Å²) < 4.78 is 10.9. The molecule has 1 saturated heterocycles. The number of hydrogen-bond donors (Lipinski definition) is 0. The number of fused-ring (bicyclic) bond motifs is 1. The smallest absolute Gasteiger partial charge is 0.103 e. The number of nitriles is 1. The van der Waals surface area contributed by atoms with Gasteiger partial charge in [0.2, 0.25) is 0 Å². The van der Waals surface area contributed by atoms with Crippen LogP contribution in [0.15, 0.2) is 24.4 Å². The first-order chi connectivity index (χ1) is 10.7. The van der Waals surface area contributed by atoms with Crippen molar-refractivity contribution in [2.75, 3.05) is 38.3 Å². The Kier molecular flexibility index (Phi) is 4.44. The second-order valence-corrected chi connectivity index (χ2v) is 5.57. The summed E-state index contributed by atoms with van der Waals surface area (Å²) in [5.41, 5.74) is 2.14. The zero-order valence-corrected chi connectivity index (χ0v) is 13.0. The van der Waals surface area contributed by atoms with Gasteiger partial charge in [-0.2, -0.15) is 5.26 Å². The largest absolute Gasteiger partial charge is 0.382 e. The number of aromatic nitrogens is 1. The molecule has 1 aromatic heterocycles. The predicted octanol–water partition coefficient (Wildman–Crippen LogP) is 2.61. The van der Waals surface area contributed by atoms with E-state index in [2.05, 4.69) is 16.0 Å². The maximum absolute atomic E-state index is 9.44. The van der Waals surface area contributed by atoms with Crippen LogP contribution in [0.5, 0.6) is 0 Å². The summed E-state index contributed by atoms with van der Waals surface area (Å²) in [4.78, 5) is 6.48. The summed E-state index contributed by atoms with van der Waals surface area (Å²) >= 11 is 6.23. The Morgan fingerprint density at radius 3 is 3.18 bits per heavy atom. The third-order valence-electron chi connectivity index (χ3n) is 3.75. The molecular weight excluding hydrogens is 302 g/mol. The van der Waals surface area contributed by atoms with Gasteiger partial charge in [-0.1, -0.05) is 23.7 Å². The second-order valence-electron chi connectivity index (χ2n) is 5.16. The first-order valence-electron chi connectivity index (χ1n) is 7.07. The molecule has 22 heavy (non-hydrogen) atoms. The normalized spacial score (nSPS) is 18.4. The van der Waals surface area contributed by atoms with Crippen molar-refractivity contribution < 1.29 is 9.47 Å². The van der Waals surface area contributed by atoms with Crippen LogP contribution in [-0.4, -0.2) is 44.5 Å². The summed E-state index contributed by atoms with van der Waals surface area (Å²) in [5, 5.41) is 10.9. The lowest BCUT2D eigenvalue weighted by Gasteiger charge is -2.35. The number of morpholine rings is 1. The zero-order chi connectivity index (χ0) is 15.5. The molecule has 114 valence electrons. The van der Waals surface area contributed by atoms with Crippen LogP contribution in [0, 0.1) is 11.3 Å². The van der Waals surface area contributed by atoms with Gasteiger partial charge in [-0.15, -0.1) is 0 Å². The number of benzene rings is 1. The molecule has 3 rings (SSSR count). The molecule has 0 unspecified atom stereocenters. The van der Waals surface area contributed by atoms with E-state index in [1.54, 1.807) is 19.4 Å². The molecule has 0 N–H and O–H groups in total. The summed E-state index contributed by atoms with van der Waals surface area (Å²) in [6.45, 7) is 2.53. The van der Waals surface area contributed by atoms with Crippen molar-refractivity contribution >= 4 is 28.2 Å². The third kappa shape index (κ3) is 2.73. The number of hydrogen-bond acceptors (Lipinski definition) is 5. The molecule has 0 radical (unpaired) electrons. The number of rotatable bonds is 3. The highest BCUT2D eigenvalue weighted by Crippen LogP contribution is 2.33. The van der Waals surface area contributed by atoms with Gasteiger partial charge in [0.1, 0.15) is 6.07 Å². The molecule has 6 heteroatoms. The molecule has 0 amide bonds. The van der Waals surface area contributed by atoms with Gasteiger partial charge in [-0.3, -0.25) is 4.98 Å². The summed E-state index contributed by atoms with van der Waals surface area (Å²) in [7, 11) is 1.66. The number of methoxy groups -OCH3 is 1. The molecule has 0 aliphatic carbocycles. The first kappa shape index (κ1) is 15.0. The van der Waals surface area contributed by atoms with Gasteiger partial charge in [0.25, 0.3) is 0 Å². The van der Waals surface area contributed by atoms with E-state index in [0.717, 1.165) is 17.6 Å². The SMILES string of the molecule is COC[C@@H]1CN(c2c(C#N)cnc3c(Cl)cccc23)CCO1. The van der Waals surface area contributed by atoms with Crippen molar-refractivity contribution in [3.8, 4) is 6.07 Å². The van der Waals surface area contributed by atoms with Gasteiger partial charge in [-0.25, -0.2) is 0 Å². The molecule has 1 aliphatic rings. The van der Waals surface area contributed by atoms with Gasteiger partial charge >= 0.3 is 0 Å². The van der Waals surface area contributed by atoms with E-state index in [0.29, 0.717) is 35.9 Å². The molecule has 0 saturated carbocycles. The third-order valence-corrected chi connectivity index (χ3v) is 4.05. The highest BCUT2D eigenvalue weighted by Gasteiger charge is 2.24. The average Bonchev–Trinajstić information content (AvgIpc) is 2.54. The molecule has 2 heterocycles. The Bertz CT molecular complexity index is 727. The van der Waals surface area contributed by atoms with E-state index in [1.165, 1.54) is 0 Å². The van der Waals surface area contributed by atoms with Crippen molar-refractivity contribution in [1.29, 1.82) is 5.26 Å². The molecule has 1 atom stereocenters. The molecule has 2 aromatic rings. The van der Waals surface area contributed by atoms with Crippen LogP contribution in [0.1, 0.15) is 5.56 Å². The van der Waals surface area contributed by atoms with Gasteiger partial charge in [0, 0.05) is 31.8 Å². The van der Waals surface area contributed by atoms with Crippen LogP contribution in [0.3, 0.4) is 0 Å². The van der Waals surface area contributed by atoms with Crippen molar-refractivity contribution in [2.45, 2.75) is 6.10 Å². The molecule has 1 aliphatic heterocycles. The Morgan fingerprint density at radius 1 is 1.55 bits per heavy atom. The number of anilines is 1. The lowest BCUT2D eigenvalue weighted by Crippen LogP contribution is -2.44. The average molecular weight is 318 g/mol. The van der Waals surface area contributed by atoms with E-state index in [9.17, 15) is 5.26 Å². The molecular formula is C16H16ClN3O2. The second kappa shape index (κ2) is 6.49. The van der Waals surface area contributed by atoms with Crippen molar-refractivity contribution in [1.82, 2.24) is 4.98 Å². The predicted molar refractivity (Wildman–Crippen MR) is 85.3 cm³/mol. The van der Waals surface area contributed by atoms with Crippen LogP contribution >= 0.6 is 11.6 Å². The van der Waals surface area contributed by atoms with Crippen molar-refractivity contribution in [3.63, 3.8) is 0 Å². The first-order valence-corrected chi connectivity index (χ1v) is 7.45. The highest BCUT2D eigenvalue weighted by atomic mass is 35.5. The molecule has 1 aromatic carbocycles. The van der Waals surface area contributed by atoms with Gasteiger partial charge in [0.15, 0.2) is 0 Å². The minimum Gasteiger partial charge on any atom is -0.382 e. The fourth-order valence-corrected chi connectivity index (χ4v) is 3.03. The lowest BCUT2D eigenvalue weighted by molar-refractivity contribution is -0.00996. The van der Waals surface area contributed by atoms with Crippen LogP contribution in [0.4, 0.5) is 5.69 Å². The van der Waals surface area contributed by atoms with E-state index < -0.39 is 0 Å². The van der Waals surface area contributed by atoms with E-state index >= 15 is 0 Å². The summed E-state index contributed by atoms with van der Waals surface area (Å²) in [5.74, 6) is 0. The highest BCUT2D eigenvalue weighted by molar-refractivity contribution is 6.35. The van der Waals surface area contributed by atoms with Crippen LogP contribution in [-0.2, 0) is 9.47 Å². The Hall–Kier alpha value is -1.87. The molecule has 0 bridgehead atoms. The van der Waals surface area contributed by atoms with Crippen LogP contribution < -0.4 is 4.90 Å². The number of para-hydroxylation sites is 1. The van der Waals surface area contributed by atoms with E-state index in [1.807, 2.05) is 12.1 Å². The number of halogens is 1. The van der Waals surface area contributed by atoms with Crippen LogP contribution in [0.25, 0.3) is 10.9 Å². The molecule has 1 fully saturated rings. The fourth-order valence-electron chi connectivity index (χ4n) is 2.80. The van der Waals surface area contributed by atoms with E-state index in [4.69, 9.17) is 21.1 Å². The Balaban J connectivity index is 2.08. The zero-order valence-electron chi connectivity index (χ0n) is 12.3. The lowest BCUT2D eigenvalue weighted by atomic mass is 10.1. The quantitative estimate of drug-likeness (QED) is 0.871. The maximum atomic E-state index is 9.44. The van der Waals surface area contributed by atoms with E-state index in [-0.39, 0.29) is 6.10 Å². The summed E-state index contributed by atoms with van der Waals surface area (Å²) in [6, 6.07) is 7.87. The standard InChI is InChI=1S/C16H16ClN3O2/c1-21-10-12-9-20(5-6-22-12)16-11(7-18)8-19-15-13(16)3-2-4-14(15)17/h2-4,8,12H,5-6,9-10H2,1H3/t12-/m0/s1. The summed E-state index contributed by atoms with van der Waals surface area (Å²) in [6.07, 6.45) is 1.58. The van der Waals surface area contributed by atoms with Crippen molar-refractivity contribution in [3.05, 3.63) is 35.0 Å².